The van der Waals surface area contributed by atoms with Gasteiger partial charge in [-0.1, -0.05) is 25.5 Å². The van der Waals surface area contributed by atoms with Gasteiger partial charge in [0.25, 0.3) is 0 Å². The van der Waals surface area contributed by atoms with E-state index >= 15 is 0 Å². The van der Waals surface area contributed by atoms with Crippen LogP contribution in [-0.2, 0) is 28.6 Å². The topological polar surface area (TPSA) is 82.1 Å². The molecule has 7 aliphatic rings. The normalized spacial score (nSPS) is 49.7. The maximum atomic E-state index is 13.9. The Morgan fingerprint density at radius 3 is 2.61 bits per heavy atom. The van der Waals surface area contributed by atoms with E-state index in [4.69, 9.17) is 14.2 Å². The summed E-state index contributed by atoms with van der Waals surface area (Å²) in [5.41, 5.74) is -0.102. The van der Waals surface area contributed by atoms with Crippen LogP contribution >= 0.6 is 0 Å². The first-order valence-corrected chi connectivity index (χ1v) is 12.6. The summed E-state index contributed by atoms with van der Waals surface area (Å²) < 4.78 is 18.6. The van der Waals surface area contributed by atoms with Crippen molar-refractivity contribution in [3.05, 3.63) is 12.2 Å². The maximum absolute atomic E-state index is 13.9. The molecule has 2 saturated heterocycles. The SMILES string of the molecule is C=C1C[C@]23CC[C@H]1C[C@H]2[C@@]12CCC[C@@](C)(C(=O)N4CCO[C@H]41)[C@H]2[C@H](OC(C)=O)[C@H]3OC(C)=O. The molecule has 1 amide bonds. The molecule has 0 aromatic carbocycles. The summed E-state index contributed by atoms with van der Waals surface area (Å²) in [7, 11) is 0. The number of allylic oxidation sites excluding steroid dienone is 1. The lowest BCUT2D eigenvalue weighted by Gasteiger charge is -2.74. The van der Waals surface area contributed by atoms with Gasteiger partial charge in [-0.05, 0) is 50.4 Å². The molecule has 33 heavy (non-hydrogen) atoms. The summed E-state index contributed by atoms with van der Waals surface area (Å²) >= 11 is 0. The molecule has 9 atom stereocenters. The lowest BCUT2D eigenvalue weighted by molar-refractivity contribution is -0.323. The predicted molar refractivity (Wildman–Crippen MR) is 117 cm³/mol. The van der Waals surface area contributed by atoms with E-state index < -0.39 is 23.6 Å². The highest BCUT2D eigenvalue weighted by molar-refractivity contribution is 5.85. The zero-order valence-corrected chi connectivity index (χ0v) is 19.9. The molecule has 7 fully saturated rings. The van der Waals surface area contributed by atoms with E-state index in [9.17, 15) is 14.4 Å². The van der Waals surface area contributed by atoms with Gasteiger partial charge in [0.2, 0.25) is 5.91 Å². The van der Waals surface area contributed by atoms with Gasteiger partial charge in [-0.25, -0.2) is 0 Å². The van der Waals surface area contributed by atoms with Crippen molar-refractivity contribution in [2.75, 3.05) is 13.2 Å². The van der Waals surface area contributed by atoms with Crippen LogP contribution in [0.15, 0.2) is 12.2 Å². The molecule has 0 aromatic rings. The monoisotopic (exact) mass is 457 g/mol. The zero-order valence-electron chi connectivity index (χ0n) is 19.9. The third kappa shape index (κ3) is 2.52. The minimum Gasteiger partial charge on any atom is -0.458 e. The summed E-state index contributed by atoms with van der Waals surface area (Å²) in [6.45, 7) is 10.5. The number of nitrogens with zero attached hydrogens (tertiary/aromatic N) is 1. The number of hydrogen-bond donors (Lipinski definition) is 0. The second-order valence-corrected chi connectivity index (χ2v) is 11.8. The number of ether oxygens (including phenoxy) is 3. The summed E-state index contributed by atoms with van der Waals surface area (Å²) in [4.78, 5) is 40.8. The van der Waals surface area contributed by atoms with Crippen LogP contribution < -0.4 is 0 Å². The molecular weight excluding hydrogens is 422 g/mol. The number of amides is 1. The van der Waals surface area contributed by atoms with Crippen LogP contribution in [0.1, 0.15) is 65.7 Å². The smallest absolute Gasteiger partial charge is 0.303 e. The van der Waals surface area contributed by atoms with Crippen LogP contribution in [0, 0.1) is 34.0 Å². The quantitative estimate of drug-likeness (QED) is 0.468. The van der Waals surface area contributed by atoms with Crippen LogP contribution in [0.2, 0.25) is 0 Å². The van der Waals surface area contributed by atoms with Crippen LogP contribution in [-0.4, -0.2) is 54.3 Å². The van der Waals surface area contributed by atoms with E-state index in [2.05, 4.69) is 13.5 Å². The number of esters is 2. The Hall–Kier alpha value is -1.89. The molecule has 2 heterocycles. The van der Waals surface area contributed by atoms with Crippen molar-refractivity contribution >= 4 is 17.8 Å². The fourth-order valence-electron chi connectivity index (χ4n) is 9.65. The van der Waals surface area contributed by atoms with Crippen molar-refractivity contribution < 1.29 is 28.6 Å². The Kier molecular flexibility index (Phi) is 4.48. The van der Waals surface area contributed by atoms with E-state index in [0.717, 1.165) is 44.9 Å². The van der Waals surface area contributed by atoms with Crippen molar-refractivity contribution in [3.63, 3.8) is 0 Å². The zero-order chi connectivity index (χ0) is 23.3. The summed E-state index contributed by atoms with van der Waals surface area (Å²) in [6, 6.07) is 0. The van der Waals surface area contributed by atoms with Crippen molar-refractivity contribution in [2.45, 2.75) is 84.2 Å². The maximum Gasteiger partial charge on any atom is 0.303 e. The number of piperidine rings is 1. The fraction of sp³-hybridized carbons (Fsp3) is 0.808. The van der Waals surface area contributed by atoms with Crippen LogP contribution in [0.5, 0.6) is 0 Å². The van der Waals surface area contributed by atoms with Crippen LogP contribution in [0.4, 0.5) is 0 Å². The van der Waals surface area contributed by atoms with E-state index in [1.54, 1.807) is 0 Å². The highest BCUT2D eigenvalue weighted by Gasteiger charge is 2.79. The number of hydrogen-bond acceptors (Lipinski definition) is 6. The minimum atomic E-state index is -0.670. The first-order valence-electron chi connectivity index (χ1n) is 12.6. The molecule has 2 aliphatic heterocycles. The molecule has 0 aromatic heterocycles. The van der Waals surface area contributed by atoms with Gasteiger partial charge in [0.15, 0.2) is 0 Å². The molecule has 7 rings (SSSR count). The summed E-state index contributed by atoms with van der Waals surface area (Å²) in [5.74, 6) is -0.206. The molecule has 7 nitrogen and oxygen atoms in total. The standard InChI is InChI=1S/C26H35NO6/c1-14-13-25-9-6-17(14)12-18(25)26-8-5-7-24(4,22(30)27-10-11-31-23(26)27)20(26)19(32-15(2)28)21(25)33-16(3)29/h17-21,23H,1,5-13H2,2-4H3/t17-,18+,19-,20+,21+,23-,24+,25+,26+/m0/s1. The van der Waals surface area contributed by atoms with Crippen molar-refractivity contribution in [3.8, 4) is 0 Å². The van der Waals surface area contributed by atoms with E-state index in [0.29, 0.717) is 19.1 Å². The number of fused-ring (bicyclic) bond motifs is 3. The second-order valence-electron chi connectivity index (χ2n) is 11.8. The molecule has 0 unspecified atom stereocenters. The van der Waals surface area contributed by atoms with E-state index in [1.165, 1.54) is 19.4 Å². The van der Waals surface area contributed by atoms with Gasteiger partial charge in [-0.15, -0.1) is 0 Å². The molecule has 7 heteroatoms. The third-order valence-electron chi connectivity index (χ3n) is 10.4. The highest BCUT2D eigenvalue weighted by Crippen LogP contribution is 2.76. The van der Waals surface area contributed by atoms with Gasteiger partial charge in [0.1, 0.15) is 18.4 Å². The van der Waals surface area contributed by atoms with Gasteiger partial charge in [0, 0.05) is 37.1 Å². The van der Waals surface area contributed by atoms with Gasteiger partial charge in [0.05, 0.1) is 12.0 Å². The predicted octanol–water partition coefficient (Wildman–Crippen LogP) is 3.22. The minimum absolute atomic E-state index is 0.102. The average molecular weight is 458 g/mol. The average Bonchev–Trinajstić information content (AvgIpc) is 3.24. The fourth-order valence-corrected chi connectivity index (χ4v) is 9.65. The first-order chi connectivity index (χ1) is 15.6. The second kappa shape index (κ2) is 6.83. The molecule has 5 aliphatic carbocycles. The molecule has 180 valence electrons. The summed E-state index contributed by atoms with van der Waals surface area (Å²) in [6.07, 6.45) is 4.82. The van der Waals surface area contributed by atoms with Crippen molar-refractivity contribution in [2.24, 2.45) is 34.0 Å². The van der Waals surface area contributed by atoms with Gasteiger partial charge >= 0.3 is 11.9 Å². The largest absolute Gasteiger partial charge is 0.458 e. The first kappa shape index (κ1) is 21.6. The van der Waals surface area contributed by atoms with E-state index in [1.807, 2.05) is 4.90 Å². The number of carbonyl (C=O) groups excluding carboxylic acids is 3. The number of rotatable bonds is 2. The Labute approximate surface area is 195 Å². The van der Waals surface area contributed by atoms with Gasteiger partial charge < -0.3 is 19.1 Å². The summed E-state index contributed by atoms with van der Waals surface area (Å²) in [5, 5.41) is 0. The molecule has 5 saturated carbocycles. The Morgan fingerprint density at radius 1 is 1.15 bits per heavy atom. The number of carbonyl (C=O) groups is 3. The Morgan fingerprint density at radius 2 is 1.91 bits per heavy atom. The van der Waals surface area contributed by atoms with Gasteiger partial charge in [-0.3, -0.25) is 14.4 Å². The lowest BCUT2D eigenvalue weighted by atomic mass is 9.33. The van der Waals surface area contributed by atoms with Crippen molar-refractivity contribution in [1.82, 2.24) is 4.90 Å². The van der Waals surface area contributed by atoms with E-state index in [-0.39, 0.29) is 40.8 Å². The Balaban J connectivity index is 1.61. The molecule has 4 bridgehead atoms. The molecular formula is C26H35NO6. The van der Waals surface area contributed by atoms with Crippen LogP contribution in [0.3, 0.4) is 0 Å². The van der Waals surface area contributed by atoms with Crippen molar-refractivity contribution in [1.29, 1.82) is 0 Å². The molecule has 1 spiro atoms. The molecule has 0 N–H and O–H groups in total. The Bertz CT molecular complexity index is 947. The van der Waals surface area contributed by atoms with Crippen LogP contribution in [0.25, 0.3) is 0 Å². The molecule has 0 radical (unpaired) electrons. The van der Waals surface area contributed by atoms with Gasteiger partial charge in [-0.2, -0.15) is 0 Å². The highest BCUT2D eigenvalue weighted by atomic mass is 16.6. The lowest BCUT2D eigenvalue weighted by Crippen LogP contribution is -2.80. The third-order valence-corrected chi connectivity index (χ3v) is 10.4.